The minimum Gasteiger partial charge on any atom is -0.350 e. The average Bonchev–Trinajstić information content (AvgIpc) is 2.34. The van der Waals surface area contributed by atoms with E-state index in [1.165, 1.54) is 6.08 Å². The number of nitrogens with zero attached hydrogens (tertiary/aromatic N) is 1. The van der Waals surface area contributed by atoms with E-state index in [1.807, 2.05) is 0 Å². The molecule has 19 heavy (non-hydrogen) atoms. The number of rotatable bonds is 3. The lowest BCUT2D eigenvalue weighted by atomic mass is 9.40. The maximum Gasteiger partial charge on any atom is 0.245 e. The van der Waals surface area contributed by atoms with Gasteiger partial charge in [-0.1, -0.05) is 13.5 Å². The number of nitrogens with one attached hydrogen (secondary N) is 1. The van der Waals surface area contributed by atoms with Crippen molar-refractivity contribution in [3.8, 4) is 0 Å². The molecule has 1 saturated heterocycles. The molecule has 1 aliphatic heterocycles. The molecule has 4 aliphatic rings. The summed E-state index contributed by atoms with van der Waals surface area (Å²) in [7, 11) is 0. The third kappa shape index (κ3) is 2.07. The molecule has 1 N–H and O–H groups in total. The molecular formula is C15H22N2O2. The fraction of sp³-hybridized carbons (Fsp3) is 0.733. The maximum atomic E-state index is 12.3. The third-order valence-corrected chi connectivity index (χ3v) is 4.96. The van der Waals surface area contributed by atoms with Gasteiger partial charge in [0, 0.05) is 18.6 Å². The number of carbonyl (C=O) groups excluding carboxylic acids is 2. The minimum atomic E-state index is -0.0597. The second-order valence-electron chi connectivity index (χ2n) is 6.94. The fourth-order valence-electron chi connectivity index (χ4n) is 4.31. The Balaban J connectivity index is 1.55. The van der Waals surface area contributed by atoms with Crippen molar-refractivity contribution in [1.82, 2.24) is 10.2 Å². The van der Waals surface area contributed by atoms with Gasteiger partial charge in [0.1, 0.15) is 0 Å². The second kappa shape index (κ2) is 4.09. The van der Waals surface area contributed by atoms with Crippen molar-refractivity contribution in [3.63, 3.8) is 0 Å². The van der Waals surface area contributed by atoms with Gasteiger partial charge in [0.25, 0.3) is 0 Å². The summed E-state index contributed by atoms with van der Waals surface area (Å²) in [5.74, 6) is 0.0401. The van der Waals surface area contributed by atoms with Crippen molar-refractivity contribution in [2.24, 2.45) is 11.3 Å². The van der Waals surface area contributed by atoms with E-state index in [-0.39, 0.29) is 23.3 Å². The van der Waals surface area contributed by atoms with Crippen LogP contribution in [0, 0.1) is 11.3 Å². The molecule has 104 valence electrons. The molecule has 4 rings (SSSR count). The highest BCUT2D eigenvalue weighted by molar-refractivity contribution is 5.88. The highest BCUT2D eigenvalue weighted by Gasteiger charge is 2.65. The molecule has 2 amide bonds. The molecule has 1 unspecified atom stereocenters. The number of piperidine rings is 1. The molecule has 1 atom stereocenters. The molecule has 0 radical (unpaired) electrons. The van der Waals surface area contributed by atoms with Crippen LogP contribution in [0.3, 0.4) is 0 Å². The van der Waals surface area contributed by atoms with Crippen LogP contribution in [0.15, 0.2) is 12.7 Å². The normalized spacial score (nSPS) is 39.8. The molecule has 4 nitrogen and oxygen atoms in total. The van der Waals surface area contributed by atoms with Crippen molar-refractivity contribution in [3.05, 3.63) is 12.7 Å². The molecule has 4 heteroatoms. The first-order valence-electron chi connectivity index (χ1n) is 7.19. The Morgan fingerprint density at radius 2 is 2.05 bits per heavy atom. The van der Waals surface area contributed by atoms with Gasteiger partial charge in [0.2, 0.25) is 11.8 Å². The van der Waals surface area contributed by atoms with Gasteiger partial charge in [-0.2, -0.15) is 0 Å². The van der Waals surface area contributed by atoms with Crippen LogP contribution in [-0.4, -0.2) is 35.3 Å². The van der Waals surface area contributed by atoms with Crippen LogP contribution in [0.1, 0.15) is 39.0 Å². The Morgan fingerprint density at radius 1 is 1.37 bits per heavy atom. The Kier molecular flexibility index (Phi) is 2.73. The summed E-state index contributed by atoms with van der Waals surface area (Å²) in [6.07, 6.45) is 6.53. The third-order valence-electron chi connectivity index (χ3n) is 4.96. The number of hydrogen-bond acceptors (Lipinski definition) is 2. The van der Waals surface area contributed by atoms with Gasteiger partial charge in [-0.15, -0.1) is 0 Å². The van der Waals surface area contributed by atoms with E-state index in [9.17, 15) is 9.59 Å². The summed E-state index contributed by atoms with van der Waals surface area (Å²) >= 11 is 0. The largest absolute Gasteiger partial charge is 0.350 e. The number of carbonyl (C=O) groups is 2. The highest BCUT2D eigenvalue weighted by atomic mass is 16.2. The molecule has 2 bridgehead atoms. The monoisotopic (exact) mass is 262 g/mol. The molecule has 4 fully saturated rings. The first-order chi connectivity index (χ1) is 8.95. The van der Waals surface area contributed by atoms with E-state index in [2.05, 4.69) is 18.8 Å². The average molecular weight is 262 g/mol. The summed E-state index contributed by atoms with van der Waals surface area (Å²) in [5, 5.41) is 3.23. The number of likely N-dealkylation sites (tertiary alicyclic amines) is 1. The van der Waals surface area contributed by atoms with Crippen LogP contribution >= 0.6 is 0 Å². The lowest BCUT2D eigenvalue weighted by Gasteiger charge is -2.69. The van der Waals surface area contributed by atoms with Crippen LogP contribution in [-0.2, 0) is 9.59 Å². The first kappa shape index (κ1) is 12.7. The van der Waals surface area contributed by atoms with E-state index in [0.717, 1.165) is 38.6 Å². The topological polar surface area (TPSA) is 49.4 Å². The molecule has 3 saturated carbocycles. The number of amides is 2. The second-order valence-corrected chi connectivity index (χ2v) is 6.94. The Bertz CT molecular complexity index is 424. The molecule has 0 aromatic rings. The van der Waals surface area contributed by atoms with Crippen molar-refractivity contribution < 1.29 is 9.59 Å². The Hall–Kier alpha value is -1.32. The van der Waals surface area contributed by atoms with Crippen molar-refractivity contribution in [1.29, 1.82) is 0 Å². The lowest BCUT2D eigenvalue weighted by molar-refractivity contribution is -0.160. The van der Waals surface area contributed by atoms with Crippen molar-refractivity contribution in [2.75, 3.05) is 13.1 Å². The first-order valence-corrected chi connectivity index (χ1v) is 7.19. The van der Waals surface area contributed by atoms with Gasteiger partial charge in [-0.25, -0.2) is 0 Å². The standard InChI is InChI=1S/C15H22N2O2/c1-3-12(18)17-6-4-5-11(7-17)13(19)16-15-8-14(2,9-15)10-15/h3,11H,1,4-10H2,2H3,(H,16,19). The Labute approximate surface area is 114 Å². The molecule has 0 spiro atoms. The maximum absolute atomic E-state index is 12.3. The zero-order chi connectivity index (χ0) is 13.7. The van der Waals surface area contributed by atoms with Gasteiger partial charge in [0.05, 0.1) is 5.92 Å². The Morgan fingerprint density at radius 3 is 2.63 bits per heavy atom. The lowest BCUT2D eigenvalue weighted by Crippen LogP contribution is -2.74. The molecule has 3 aliphatic carbocycles. The van der Waals surface area contributed by atoms with Gasteiger partial charge in [-0.05, 0) is 43.6 Å². The van der Waals surface area contributed by atoms with Crippen LogP contribution in [0.25, 0.3) is 0 Å². The van der Waals surface area contributed by atoms with E-state index >= 15 is 0 Å². The highest BCUT2D eigenvalue weighted by Crippen LogP contribution is 2.66. The summed E-state index contributed by atoms with van der Waals surface area (Å²) in [6.45, 7) is 7.09. The zero-order valence-electron chi connectivity index (χ0n) is 11.6. The summed E-state index contributed by atoms with van der Waals surface area (Å²) in [5.41, 5.74) is 0.612. The van der Waals surface area contributed by atoms with Crippen molar-refractivity contribution >= 4 is 11.8 Å². The van der Waals surface area contributed by atoms with Crippen LogP contribution in [0.5, 0.6) is 0 Å². The van der Waals surface area contributed by atoms with Crippen LogP contribution in [0.2, 0.25) is 0 Å². The predicted molar refractivity (Wildman–Crippen MR) is 72.3 cm³/mol. The van der Waals surface area contributed by atoms with Crippen molar-refractivity contribution in [2.45, 2.75) is 44.6 Å². The van der Waals surface area contributed by atoms with E-state index in [4.69, 9.17) is 0 Å². The summed E-state index contributed by atoms with van der Waals surface area (Å²) in [4.78, 5) is 25.7. The van der Waals surface area contributed by atoms with Crippen LogP contribution in [0.4, 0.5) is 0 Å². The van der Waals surface area contributed by atoms with E-state index < -0.39 is 0 Å². The van der Waals surface area contributed by atoms with Crippen LogP contribution < -0.4 is 5.32 Å². The summed E-state index contributed by atoms with van der Waals surface area (Å²) < 4.78 is 0. The van der Waals surface area contributed by atoms with Gasteiger partial charge in [0.15, 0.2) is 0 Å². The van der Waals surface area contributed by atoms with E-state index in [1.54, 1.807) is 4.90 Å². The quantitative estimate of drug-likeness (QED) is 0.783. The summed E-state index contributed by atoms with van der Waals surface area (Å²) in [6, 6.07) is 0. The fourth-order valence-corrected chi connectivity index (χ4v) is 4.31. The zero-order valence-corrected chi connectivity index (χ0v) is 11.6. The minimum absolute atomic E-state index is 0.0421. The number of hydrogen-bond donors (Lipinski definition) is 1. The molecule has 1 heterocycles. The van der Waals surface area contributed by atoms with Gasteiger partial charge in [-0.3, -0.25) is 9.59 Å². The molecular weight excluding hydrogens is 240 g/mol. The van der Waals surface area contributed by atoms with E-state index in [0.29, 0.717) is 12.0 Å². The molecule has 0 aromatic carbocycles. The molecule has 0 aromatic heterocycles. The van der Waals surface area contributed by atoms with Gasteiger partial charge < -0.3 is 10.2 Å². The predicted octanol–water partition coefficient (Wildman–Crippen LogP) is 1.47. The smallest absolute Gasteiger partial charge is 0.245 e. The SMILES string of the molecule is C=CC(=O)N1CCCC(C(=O)NC23CC(C)(C2)C3)C1. The van der Waals surface area contributed by atoms with Gasteiger partial charge >= 0.3 is 0 Å².